The van der Waals surface area contributed by atoms with Gasteiger partial charge in [-0.3, -0.25) is 4.79 Å². The molecular formula is C17H14BrClF3NO2. The van der Waals surface area contributed by atoms with Gasteiger partial charge in [-0.15, -0.1) is 0 Å². The van der Waals surface area contributed by atoms with E-state index in [4.69, 9.17) is 16.3 Å². The molecule has 2 aromatic rings. The first-order valence-electron chi connectivity index (χ1n) is 7.14. The summed E-state index contributed by atoms with van der Waals surface area (Å²) >= 11 is 9.24. The summed E-state index contributed by atoms with van der Waals surface area (Å²) in [6, 6.07) is 6.34. The first-order chi connectivity index (χ1) is 11.6. The molecule has 0 radical (unpaired) electrons. The number of aryl methyl sites for hydroxylation is 2. The second-order valence-corrected chi connectivity index (χ2v) is 6.66. The summed E-state index contributed by atoms with van der Waals surface area (Å²) in [5, 5.41) is 2.34. The van der Waals surface area contributed by atoms with Crippen molar-refractivity contribution in [2.24, 2.45) is 0 Å². The van der Waals surface area contributed by atoms with Crippen LogP contribution in [-0.4, -0.2) is 12.5 Å². The Labute approximate surface area is 156 Å². The zero-order valence-corrected chi connectivity index (χ0v) is 15.6. The van der Waals surface area contributed by atoms with Gasteiger partial charge in [0, 0.05) is 4.47 Å². The third-order valence-corrected chi connectivity index (χ3v) is 4.57. The Bertz CT molecular complexity index is 809. The van der Waals surface area contributed by atoms with Crippen molar-refractivity contribution in [3.05, 3.63) is 56.5 Å². The molecule has 0 heterocycles. The molecule has 0 atom stereocenters. The van der Waals surface area contributed by atoms with Crippen LogP contribution in [-0.2, 0) is 11.0 Å². The molecule has 134 valence electrons. The maximum absolute atomic E-state index is 12.7. The SMILES string of the molecule is Cc1cc(OCC(=O)Nc2cc(C(F)(F)F)ccc2Cl)c(C)cc1Br. The summed E-state index contributed by atoms with van der Waals surface area (Å²) in [7, 11) is 0. The number of rotatable bonds is 4. The highest BCUT2D eigenvalue weighted by atomic mass is 79.9. The molecule has 2 aromatic carbocycles. The molecule has 3 nitrogen and oxygen atoms in total. The highest BCUT2D eigenvalue weighted by Gasteiger charge is 2.31. The minimum Gasteiger partial charge on any atom is -0.483 e. The van der Waals surface area contributed by atoms with E-state index in [0.29, 0.717) is 5.75 Å². The highest BCUT2D eigenvalue weighted by molar-refractivity contribution is 9.10. The summed E-state index contributed by atoms with van der Waals surface area (Å²) in [6.45, 7) is 3.34. The van der Waals surface area contributed by atoms with Crippen LogP contribution in [0.5, 0.6) is 5.75 Å². The summed E-state index contributed by atoms with van der Waals surface area (Å²) in [5.41, 5.74) is 0.741. The van der Waals surface area contributed by atoms with Crippen LogP contribution in [0.3, 0.4) is 0 Å². The average Bonchev–Trinajstić information content (AvgIpc) is 2.50. The number of carbonyl (C=O) groups excluding carboxylic acids is 1. The Morgan fingerprint density at radius 2 is 1.88 bits per heavy atom. The molecule has 25 heavy (non-hydrogen) atoms. The van der Waals surface area contributed by atoms with Gasteiger partial charge in [0.05, 0.1) is 16.3 Å². The maximum Gasteiger partial charge on any atom is 0.416 e. The van der Waals surface area contributed by atoms with E-state index < -0.39 is 17.6 Å². The average molecular weight is 437 g/mol. The van der Waals surface area contributed by atoms with Crippen molar-refractivity contribution in [1.82, 2.24) is 0 Å². The quantitative estimate of drug-likeness (QED) is 0.662. The van der Waals surface area contributed by atoms with Gasteiger partial charge < -0.3 is 10.1 Å². The lowest BCUT2D eigenvalue weighted by atomic mass is 10.1. The molecule has 1 amide bonds. The molecular weight excluding hydrogens is 423 g/mol. The van der Waals surface area contributed by atoms with E-state index in [1.54, 1.807) is 6.07 Å². The fraction of sp³-hybridized carbons (Fsp3) is 0.235. The summed E-state index contributed by atoms with van der Waals surface area (Å²) in [6.07, 6.45) is -4.52. The van der Waals surface area contributed by atoms with Gasteiger partial charge in [0.15, 0.2) is 6.61 Å². The molecule has 0 saturated heterocycles. The molecule has 2 rings (SSSR count). The normalized spacial score (nSPS) is 11.3. The number of ether oxygens (including phenoxy) is 1. The fourth-order valence-corrected chi connectivity index (χ4v) is 2.66. The Balaban J connectivity index is 2.07. The van der Waals surface area contributed by atoms with Crippen molar-refractivity contribution in [3.8, 4) is 5.75 Å². The summed E-state index contributed by atoms with van der Waals surface area (Å²) in [4.78, 5) is 12.0. The van der Waals surface area contributed by atoms with E-state index in [-0.39, 0.29) is 17.3 Å². The van der Waals surface area contributed by atoms with Gasteiger partial charge in [0.2, 0.25) is 0 Å². The predicted molar refractivity (Wildman–Crippen MR) is 94.2 cm³/mol. The lowest BCUT2D eigenvalue weighted by molar-refractivity contribution is -0.137. The van der Waals surface area contributed by atoms with E-state index in [1.807, 2.05) is 19.9 Å². The van der Waals surface area contributed by atoms with Crippen LogP contribution >= 0.6 is 27.5 Å². The Morgan fingerprint density at radius 1 is 1.20 bits per heavy atom. The molecule has 0 bridgehead atoms. The highest BCUT2D eigenvalue weighted by Crippen LogP contribution is 2.34. The largest absolute Gasteiger partial charge is 0.483 e. The van der Waals surface area contributed by atoms with Gasteiger partial charge in [-0.2, -0.15) is 13.2 Å². The number of carbonyl (C=O) groups is 1. The van der Waals surface area contributed by atoms with Crippen LogP contribution in [0.25, 0.3) is 0 Å². The molecule has 8 heteroatoms. The third-order valence-electron chi connectivity index (χ3n) is 3.38. The molecule has 0 saturated carbocycles. The van der Waals surface area contributed by atoms with Crippen molar-refractivity contribution >= 4 is 39.1 Å². The van der Waals surface area contributed by atoms with Gasteiger partial charge in [-0.05, 0) is 55.3 Å². The molecule has 0 aliphatic rings. The summed E-state index contributed by atoms with van der Waals surface area (Å²) in [5.74, 6) is -0.0906. The monoisotopic (exact) mass is 435 g/mol. The fourth-order valence-electron chi connectivity index (χ4n) is 2.04. The van der Waals surface area contributed by atoms with Gasteiger partial charge >= 0.3 is 6.18 Å². The zero-order chi connectivity index (χ0) is 18.8. The number of hydrogen-bond acceptors (Lipinski definition) is 2. The lowest BCUT2D eigenvalue weighted by Crippen LogP contribution is -2.21. The molecule has 0 aromatic heterocycles. The first-order valence-corrected chi connectivity index (χ1v) is 8.31. The standard InChI is InChI=1S/C17H14BrClF3NO2/c1-9-6-15(10(2)5-12(9)18)25-8-16(24)23-14-7-11(17(20,21)22)3-4-13(14)19/h3-7H,8H2,1-2H3,(H,23,24). The van der Waals surface area contributed by atoms with E-state index >= 15 is 0 Å². The minimum atomic E-state index is -4.52. The van der Waals surface area contributed by atoms with Crippen LogP contribution < -0.4 is 10.1 Å². The van der Waals surface area contributed by atoms with Gasteiger partial charge in [-0.25, -0.2) is 0 Å². The molecule has 0 fully saturated rings. The topological polar surface area (TPSA) is 38.3 Å². The summed E-state index contributed by atoms with van der Waals surface area (Å²) < 4.78 is 44.6. The van der Waals surface area contributed by atoms with E-state index in [2.05, 4.69) is 21.2 Å². The second kappa shape index (κ2) is 7.66. The molecule has 0 aliphatic carbocycles. The molecule has 0 spiro atoms. The van der Waals surface area contributed by atoms with Gasteiger partial charge in [-0.1, -0.05) is 27.5 Å². The third kappa shape index (κ3) is 5.12. The van der Waals surface area contributed by atoms with Crippen molar-refractivity contribution in [1.29, 1.82) is 0 Å². The van der Waals surface area contributed by atoms with Crippen molar-refractivity contribution < 1.29 is 22.7 Å². The Hall–Kier alpha value is -1.73. The Kier molecular flexibility index (Phi) is 6.00. The minimum absolute atomic E-state index is 0.0111. The predicted octanol–water partition coefficient (Wildman–Crippen LogP) is 5.76. The van der Waals surface area contributed by atoms with Gasteiger partial charge in [0.25, 0.3) is 5.91 Å². The number of nitrogens with one attached hydrogen (secondary N) is 1. The van der Waals surface area contributed by atoms with Crippen molar-refractivity contribution in [2.45, 2.75) is 20.0 Å². The van der Waals surface area contributed by atoms with Crippen LogP contribution in [0.1, 0.15) is 16.7 Å². The molecule has 0 unspecified atom stereocenters. The number of amides is 1. The van der Waals surface area contributed by atoms with Crippen LogP contribution in [0, 0.1) is 13.8 Å². The maximum atomic E-state index is 12.7. The smallest absolute Gasteiger partial charge is 0.416 e. The number of anilines is 1. The zero-order valence-electron chi connectivity index (χ0n) is 13.3. The number of alkyl halides is 3. The molecule has 1 N–H and O–H groups in total. The van der Waals surface area contributed by atoms with Crippen molar-refractivity contribution in [3.63, 3.8) is 0 Å². The number of benzene rings is 2. The first kappa shape index (κ1) is 19.6. The van der Waals surface area contributed by atoms with Crippen LogP contribution in [0.4, 0.5) is 18.9 Å². The second-order valence-electron chi connectivity index (χ2n) is 5.40. The van der Waals surface area contributed by atoms with E-state index in [1.165, 1.54) is 0 Å². The van der Waals surface area contributed by atoms with Gasteiger partial charge in [0.1, 0.15) is 5.75 Å². The van der Waals surface area contributed by atoms with E-state index in [0.717, 1.165) is 33.8 Å². The number of hydrogen-bond donors (Lipinski definition) is 1. The lowest BCUT2D eigenvalue weighted by Gasteiger charge is -2.13. The molecule has 0 aliphatic heterocycles. The van der Waals surface area contributed by atoms with E-state index in [9.17, 15) is 18.0 Å². The number of halogens is 5. The Morgan fingerprint density at radius 3 is 2.52 bits per heavy atom. The van der Waals surface area contributed by atoms with Crippen molar-refractivity contribution in [2.75, 3.05) is 11.9 Å². The van der Waals surface area contributed by atoms with Crippen LogP contribution in [0.15, 0.2) is 34.8 Å². The van der Waals surface area contributed by atoms with Crippen LogP contribution in [0.2, 0.25) is 5.02 Å².